The smallest absolute Gasteiger partial charge is 0.252 e. The first kappa shape index (κ1) is 13.1. The second-order valence-electron chi connectivity index (χ2n) is 3.58. The number of hydrogen-bond acceptors (Lipinski definition) is 4. The minimum Gasteiger partial charge on any atom is -0.353 e. The molecular weight excluding hydrogens is 220 g/mol. The molecule has 0 bridgehead atoms. The van der Waals surface area contributed by atoms with Crippen molar-refractivity contribution in [1.29, 1.82) is 0 Å². The van der Waals surface area contributed by atoms with Crippen LogP contribution in [-0.2, 0) is 4.79 Å². The van der Waals surface area contributed by atoms with Crippen molar-refractivity contribution in [2.24, 2.45) is 5.73 Å². The van der Waals surface area contributed by atoms with E-state index in [0.717, 1.165) is 0 Å². The third kappa shape index (κ3) is 4.60. The fourth-order valence-corrected chi connectivity index (χ4v) is 1.12. The summed E-state index contributed by atoms with van der Waals surface area (Å²) in [7, 11) is 0. The number of nitrogens with one attached hydrogen (secondary N) is 2. The van der Waals surface area contributed by atoms with Gasteiger partial charge in [-0.1, -0.05) is 0 Å². The van der Waals surface area contributed by atoms with E-state index in [0.29, 0.717) is 18.7 Å². The van der Waals surface area contributed by atoms with Crippen LogP contribution in [0.25, 0.3) is 0 Å². The highest BCUT2D eigenvalue weighted by Gasteiger charge is 2.07. The Bertz CT molecular complexity index is 378. The summed E-state index contributed by atoms with van der Waals surface area (Å²) >= 11 is 0. The van der Waals surface area contributed by atoms with Crippen LogP contribution in [-0.4, -0.2) is 35.9 Å². The Morgan fingerprint density at radius 1 is 1.41 bits per heavy atom. The lowest BCUT2D eigenvalue weighted by molar-refractivity contribution is -0.121. The van der Waals surface area contributed by atoms with Gasteiger partial charge in [0.15, 0.2) is 0 Å². The number of carbonyl (C=O) groups excluding carboxylic acids is 2. The Hall–Kier alpha value is -1.95. The fraction of sp³-hybridized carbons (Fsp3) is 0.364. The first-order chi connectivity index (χ1) is 8.11. The summed E-state index contributed by atoms with van der Waals surface area (Å²) in [5, 5.41) is 5.25. The molecule has 0 aliphatic heterocycles. The fourth-order valence-electron chi connectivity index (χ4n) is 1.12. The highest BCUT2D eigenvalue weighted by Crippen LogP contribution is 1.93. The molecule has 1 atom stereocenters. The molecule has 0 saturated heterocycles. The van der Waals surface area contributed by atoms with Crippen LogP contribution in [0.5, 0.6) is 0 Å². The summed E-state index contributed by atoms with van der Waals surface area (Å²) in [4.78, 5) is 26.5. The van der Waals surface area contributed by atoms with Gasteiger partial charge in [-0.3, -0.25) is 14.6 Å². The first-order valence-electron chi connectivity index (χ1n) is 5.33. The van der Waals surface area contributed by atoms with E-state index >= 15 is 0 Å². The molecule has 0 unspecified atom stereocenters. The third-order valence-corrected chi connectivity index (χ3v) is 2.05. The Labute approximate surface area is 99.6 Å². The van der Waals surface area contributed by atoms with E-state index in [1.807, 2.05) is 0 Å². The van der Waals surface area contributed by atoms with Gasteiger partial charge in [0.2, 0.25) is 5.91 Å². The van der Waals surface area contributed by atoms with Gasteiger partial charge >= 0.3 is 0 Å². The molecule has 0 saturated carbocycles. The second-order valence-corrected chi connectivity index (χ2v) is 3.58. The maximum atomic E-state index is 11.5. The summed E-state index contributed by atoms with van der Waals surface area (Å²) in [5.74, 6) is -0.450. The molecule has 0 radical (unpaired) electrons. The molecule has 1 rings (SSSR count). The van der Waals surface area contributed by atoms with Gasteiger partial charge in [-0.15, -0.1) is 0 Å². The standard InChI is InChI=1S/C11H16N4O2/c1-8(12)10(16)14-5-6-15-11(17)9-3-2-4-13-7-9/h2-4,7-8H,5-6,12H2,1H3,(H,14,16)(H,15,17)/t8-/m1/s1. The minimum atomic E-state index is -0.538. The van der Waals surface area contributed by atoms with Gasteiger partial charge in [-0.2, -0.15) is 0 Å². The Morgan fingerprint density at radius 3 is 2.71 bits per heavy atom. The van der Waals surface area contributed by atoms with E-state index in [1.165, 1.54) is 6.20 Å². The summed E-state index contributed by atoms with van der Waals surface area (Å²) in [6.45, 7) is 2.31. The topological polar surface area (TPSA) is 97.1 Å². The van der Waals surface area contributed by atoms with E-state index in [-0.39, 0.29) is 11.8 Å². The molecule has 0 aromatic carbocycles. The molecule has 1 aromatic heterocycles. The van der Waals surface area contributed by atoms with Crippen molar-refractivity contribution in [3.8, 4) is 0 Å². The maximum absolute atomic E-state index is 11.5. The van der Waals surface area contributed by atoms with Gasteiger partial charge in [0.25, 0.3) is 5.91 Å². The molecule has 1 aromatic rings. The minimum absolute atomic E-state index is 0.215. The lowest BCUT2D eigenvalue weighted by Gasteiger charge is -2.08. The van der Waals surface area contributed by atoms with Crippen LogP contribution in [0.15, 0.2) is 24.5 Å². The highest BCUT2D eigenvalue weighted by molar-refractivity contribution is 5.93. The molecule has 4 N–H and O–H groups in total. The van der Waals surface area contributed by atoms with Crippen molar-refractivity contribution < 1.29 is 9.59 Å². The molecule has 6 heteroatoms. The summed E-state index contributed by atoms with van der Waals surface area (Å²) < 4.78 is 0. The predicted molar refractivity (Wildman–Crippen MR) is 63.2 cm³/mol. The van der Waals surface area contributed by atoms with Gasteiger partial charge in [-0.25, -0.2) is 0 Å². The van der Waals surface area contributed by atoms with Gasteiger partial charge in [0.05, 0.1) is 11.6 Å². The average Bonchev–Trinajstić information content (AvgIpc) is 2.35. The lowest BCUT2D eigenvalue weighted by atomic mass is 10.3. The predicted octanol–water partition coefficient (Wildman–Crippen LogP) is -0.725. The number of amides is 2. The maximum Gasteiger partial charge on any atom is 0.252 e. The van der Waals surface area contributed by atoms with E-state index in [1.54, 1.807) is 25.3 Å². The van der Waals surface area contributed by atoms with E-state index < -0.39 is 6.04 Å². The first-order valence-corrected chi connectivity index (χ1v) is 5.33. The van der Waals surface area contributed by atoms with Crippen LogP contribution >= 0.6 is 0 Å². The molecule has 92 valence electrons. The molecule has 0 fully saturated rings. The van der Waals surface area contributed by atoms with Gasteiger partial charge in [0, 0.05) is 25.5 Å². The van der Waals surface area contributed by atoms with Crippen molar-refractivity contribution in [2.45, 2.75) is 13.0 Å². The number of nitrogens with two attached hydrogens (primary N) is 1. The average molecular weight is 236 g/mol. The number of rotatable bonds is 5. The molecular formula is C11H16N4O2. The summed E-state index contributed by atoms with van der Waals surface area (Å²) in [5.41, 5.74) is 5.85. The van der Waals surface area contributed by atoms with Crippen LogP contribution in [0, 0.1) is 0 Å². The van der Waals surface area contributed by atoms with Gasteiger partial charge in [-0.05, 0) is 19.1 Å². The van der Waals surface area contributed by atoms with Crippen LogP contribution in [0.1, 0.15) is 17.3 Å². The molecule has 0 spiro atoms. The van der Waals surface area contributed by atoms with Gasteiger partial charge < -0.3 is 16.4 Å². The zero-order chi connectivity index (χ0) is 12.7. The Kier molecular flexibility index (Phi) is 5.09. The van der Waals surface area contributed by atoms with Crippen LogP contribution in [0.4, 0.5) is 0 Å². The number of nitrogens with zero attached hydrogens (tertiary/aromatic N) is 1. The lowest BCUT2D eigenvalue weighted by Crippen LogP contribution is -2.42. The van der Waals surface area contributed by atoms with Crippen molar-refractivity contribution >= 4 is 11.8 Å². The Balaban J connectivity index is 2.24. The number of carbonyl (C=O) groups is 2. The quantitative estimate of drug-likeness (QED) is 0.587. The Morgan fingerprint density at radius 2 is 2.12 bits per heavy atom. The van der Waals surface area contributed by atoms with E-state index in [4.69, 9.17) is 5.73 Å². The highest BCUT2D eigenvalue weighted by atomic mass is 16.2. The third-order valence-electron chi connectivity index (χ3n) is 2.05. The van der Waals surface area contributed by atoms with Crippen molar-refractivity contribution in [1.82, 2.24) is 15.6 Å². The normalized spacial score (nSPS) is 11.6. The van der Waals surface area contributed by atoms with Crippen LogP contribution < -0.4 is 16.4 Å². The molecule has 0 aliphatic carbocycles. The monoisotopic (exact) mass is 236 g/mol. The van der Waals surface area contributed by atoms with Crippen molar-refractivity contribution in [3.63, 3.8) is 0 Å². The van der Waals surface area contributed by atoms with Crippen LogP contribution in [0.3, 0.4) is 0 Å². The van der Waals surface area contributed by atoms with Gasteiger partial charge in [0.1, 0.15) is 0 Å². The van der Waals surface area contributed by atoms with Crippen molar-refractivity contribution in [3.05, 3.63) is 30.1 Å². The summed E-state index contributed by atoms with van der Waals surface area (Å²) in [6, 6.07) is 2.82. The SMILES string of the molecule is C[C@@H](N)C(=O)NCCNC(=O)c1cccnc1. The van der Waals surface area contributed by atoms with Crippen molar-refractivity contribution in [2.75, 3.05) is 13.1 Å². The van der Waals surface area contributed by atoms with E-state index in [2.05, 4.69) is 15.6 Å². The zero-order valence-corrected chi connectivity index (χ0v) is 9.64. The summed E-state index contributed by atoms with van der Waals surface area (Å²) in [6.07, 6.45) is 3.08. The molecule has 1 heterocycles. The number of pyridine rings is 1. The molecule has 0 aliphatic rings. The number of aromatic nitrogens is 1. The molecule has 6 nitrogen and oxygen atoms in total. The largest absolute Gasteiger partial charge is 0.353 e. The zero-order valence-electron chi connectivity index (χ0n) is 9.64. The molecule has 2 amide bonds. The van der Waals surface area contributed by atoms with E-state index in [9.17, 15) is 9.59 Å². The second kappa shape index (κ2) is 6.59. The number of hydrogen-bond donors (Lipinski definition) is 3. The molecule has 17 heavy (non-hydrogen) atoms. The van der Waals surface area contributed by atoms with Crippen LogP contribution in [0.2, 0.25) is 0 Å².